The maximum atomic E-state index is 12.7. The van der Waals surface area contributed by atoms with Crippen molar-refractivity contribution in [3.8, 4) is 5.75 Å². The van der Waals surface area contributed by atoms with Crippen molar-refractivity contribution in [1.29, 1.82) is 0 Å². The first kappa shape index (κ1) is 20.8. The first-order valence-corrected chi connectivity index (χ1v) is 9.70. The maximum absolute atomic E-state index is 12.7. The van der Waals surface area contributed by atoms with Gasteiger partial charge in [-0.3, -0.25) is 9.78 Å². The van der Waals surface area contributed by atoms with Gasteiger partial charge in [0.1, 0.15) is 18.4 Å². The standard InChI is InChI=1S/C22H26N2O5/c1-14-9-18(10-15(2)20(14)29-12-16-5-3-7-23-11-16)21(25)24-19(22(26)27)17-6-4-8-28-13-17/h3,5,7,9-11,17,19H,4,6,8,12-13H2,1-2H3,(H,24,25)(H,26,27). The molecule has 2 unspecified atom stereocenters. The van der Waals surface area contributed by atoms with Crippen LogP contribution < -0.4 is 10.1 Å². The largest absolute Gasteiger partial charge is 0.488 e. The number of nitrogens with zero attached hydrogens (tertiary/aromatic N) is 1. The summed E-state index contributed by atoms with van der Waals surface area (Å²) in [5.41, 5.74) is 2.99. The summed E-state index contributed by atoms with van der Waals surface area (Å²) >= 11 is 0. The van der Waals surface area contributed by atoms with Gasteiger partial charge in [0.2, 0.25) is 0 Å². The molecule has 1 amide bonds. The Kier molecular flexibility index (Phi) is 6.82. The average molecular weight is 398 g/mol. The molecule has 3 rings (SSSR count). The van der Waals surface area contributed by atoms with E-state index in [2.05, 4.69) is 10.3 Å². The second-order valence-corrected chi connectivity index (χ2v) is 7.36. The fourth-order valence-electron chi connectivity index (χ4n) is 3.58. The Hall–Kier alpha value is -2.93. The minimum atomic E-state index is -1.04. The zero-order valence-corrected chi connectivity index (χ0v) is 16.7. The van der Waals surface area contributed by atoms with E-state index in [0.717, 1.165) is 29.5 Å². The summed E-state index contributed by atoms with van der Waals surface area (Å²) in [7, 11) is 0. The number of carboxylic acids is 1. The van der Waals surface area contributed by atoms with E-state index >= 15 is 0 Å². The van der Waals surface area contributed by atoms with Crippen LogP contribution in [0, 0.1) is 19.8 Å². The molecule has 154 valence electrons. The van der Waals surface area contributed by atoms with Gasteiger partial charge in [-0.15, -0.1) is 0 Å². The molecule has 7 nitrogen and oxygen atoms in total. The minimum absolute atomic E-state index is 0.227. The van der Waals surface area contributed by atoms with Crippen LogP contribution in [0.15, 0.2) is 36.7 Å². The van der Waals surface area contributed by atoms with Crippen LogP contribution in [0.4, 0.5) is 0 Å². The van der Waals surface area contributed by atoms with Gasteiger partial charge in [0, 0.05) is 36.0 Å². The van der Waals surface area contributed by atoms with Crippen molar-refractivity contribution in [1.82, 2.24) is 10.3 Å². The van der Waals surface area contributed by atoms with Crippen LogP contribution in [0.3, 0.4) is 0 Å². The highest BCUT2D eigenvalue weighted by Crippen LogP contribution is 2.26. The highest BCUT2D eigenvalue weighted by atomic mass is 16.5. The van der Waals surface area contributed by atoms with Gasteiger partial charge in [-0.05, 0) is 56.0 Å². The number of benzene rings is 1. The van der Waals surface area contributed by atoms with Crippen molar-refractivity contribution >= 4 is 11.9 Å². The van der Waals surface area contributed by atoms with Crippen molar-refractivity contribution in [3.05, 3.63) is 58.9 Å². The van der Waals surface area contributed by atoms with Gasteiger partial charge in [0.15, 0.2) is 0 Å². The van der Waals surface area contributed by atoms with Crippen molar-refractivity contribution in [2.45, 2.75) is 39.3 Å². The predicted molar refractivity (Wildman–Crippen MR) is 107 cm³/mol. The first-order chi connectivity index (χ1) is 14.0. The van der Waals surface area contributed by atoms with Gasteiger partial charge in [-0.2, -0.15) is 0 Å². The van der Waals surface area contributed by atoms with Gasteiger partial charge in [0.05, 0.1) is 6.61 Å². The van der Waals surface area contributed by atoms with Gasteiger partial charge < -0.3 is 19.9 Å². The molecule has 1 aliphatic heterocycles. The van der Waals surface area contributed by atoms with Crippen molar-refractivity contribution in [2.24, 2.45) is 5.92 Å². The molecule has 1 fully saturated rings. The second-order valence-electron chi connectivity index (χ2n) is 7.36. The Morgan fingerprint density at radius 3 is 2.69 bits per heavy atom. The summed E-state index contributed by atoms with van der Waals surface area (Å²) in [6.07, 6.45) is 4.96. The van der Waals surface area contributed by atoms with E-state index < -0.39 is 17.9 Å². The molecule has 1 aromatic carbocycles. The molecule has 0 spiro atoms. The van der Waals surface area contributed by atoms with E-state index in [9.17, 15) is 14.7 Å². The molecule has 1 aliphatic rings. The average Bonchev–Trinajstić information content (AvgIpc) is 2.72. The lowest BCUT2D eigenvalue weighted by atomic mass is 9.93. The predicted octanol–water partition coefficient (Wildman–Crippen LogP) is 2.89. The number of carbonyl (C=O) groups is 2. The van der Waals surface area contributed by atoms with Crippen LogP contribution in [0.5, 0.6) is 5.75 Å². The molecule has 2 atom stereocenters. The van der Waals surface area contributed by atoms with E-state index in [1.54, 1.807) is 24.5 Å². The lowest BCUT2D eigenvalue weighted by Gasteiger charge is -2.28. The minimum Gasteiger partial charge on any atom is -0.488 e. The summed E-state index contributed by atoms with van der Waals surface area (Å²) in [6.45, 7) is 5.09. The van der Waals surface area contributed by atoms with Gasteiger partial charge in [-0.25, -0.2) is 4.79 Å². The van der Waals surface area contributed by atoms with Crippen LogP contribution in [0.25, 0.3) is 0 Å². The highest BCUT2D eigenvalue weighted by Gasteiger charge is 2.31. The van der Waals surface area contributed by atoms with Crippen LogP contribution in [-0.4, -0.2) is 41.2 Å². The number of hydrogen-bond acceptors (Lipinski definition) is 5. The molecule has 1 saturated heterocycles. The molecule has 29 heavy (non-hydrogen) atoms. The Balaban J connectivity index is 1.71. The molecule has 2 aromatic rings. The number of carboxylic acid groups (broad SMARTS) is 1. The molecule has 1 aromatic heterocycles. The SMILES string of the molecule is Cc1cc(C(=O)NC(C(=O)O)C2CCCOC2)cc(C)c1OCc1cccnc1. The van der Waals surface area contributed by atoms with Crippen LogP contribution in [0.1, 0.15) is 39.9 Å². The van der Waals surface area contributed by atoms with Crippen LogP contribution in [-0.2, 0) is 16.1 Å². The third-order valence-corrected chi connectivity index (χ3v) is 5.05. The zero-order chi connectivity index (χ0) is 20.8. The van der Waals surface area contributed by atoms with Crippen LogP contribution in [0.2, 0.25) is 0 Å². The molecular weight excluding hydrogens is 372 g/mol. The first-order valence-electron chi connectivity index (χ1n) is 9.70. The number of ether oxygens (including phenoxy) is 2. The van der Waals surface area contributed by atoms with Gasteiger partial charge >= 0.3 is 5.97 Å². The number of hydrogen-bond donors (Lipinski definition) is 2. The number of aromatic nitrogens is 1. The van der Waals surface area contributed by atoms with Crippen molar-refractivity contribution in [2.75, 3.05) is 13.2 Å². The quantitative estimate of drug-likeness (QED) is 0.744. The number of nitrogens with one attached hydrogen (secondary N) is 1. The number of carbonyl (C=O) groups excluding carboxylic acids is 1. The molecule has 0 saturated carbocycles. The van der Waals surface area contributed by atoms with E-state index in [1.165, 1.54) is 0 Å². The Morgan fingerprint density at radius 2 is 2.10 bits per heavy atom. The fourth-order valence-corrected chi connectivity index (χ4v) is 3.58. The summed E-state index contributed by atoms with van der Waals surface area (Å²) in [5.74, 6) is -0.970. The lowest BCUT2D eigenvalue weighted by molar-refractivity contribution is -0.142. The number of pyridine rings is 1. The summed E-state index contributed by atoms with van der Waals surface area (Å²) in [6, 6.07) is 6.25. The summed E-state index contributed by atoms with van der Waals surface area (Å²) in [4.78, 5) is 28.5. The molecule has 2 N–H and O–H groups in total. The van der Waals surface area contributed by atoms with Crippen molar-refractivity contribution < 1.29 is 24.2 Å². The second kappa shape index (κ2) is 9.52. The Morgan fingerprint density at radius 1 is 1.34 bits per heavy atom. The Labute approximate surface area is 170 Å². The molecule has 0 radical (unpaired) electrons. The molecule has 7 heteroatoms. The maximum Gasteiger partial charge on any atom is 0.326 e. The van der Waals surface area contributed by atoms with Crippen LogP contribution >= 0.6 is 0 Å². The Bertz CT molecular complexity index is 840. The van der Waals surface area contributed by atoms with E-state index in [1.807, 2.05) is 26.0 Å². The summed E-state index contributed by atoms with van der Waals surface area (Å²) < 4.78 is 11.3. The molecular formula is C22H26N2O5. The third-order valence-electron chi connectivity index (χ3n) is 5.05. The normalized spacial score (nSPS) is 17.4. The topological polar surface area (TPSA) is 97.8 Å². The molecule has 0 bridgehead atoms. The number of amides is 1. The lowest BCUT2D eigenvalue weighted by Crippen LogP contribution is -2.48. The van der Waals surface area contributed by atoms with Gasteiger partial charge in [-0.1, -0.05) is 6.07 Å². The zero-order valence-electron chi connectivity index (χ0n) is 16.7. The smallest absolute Gasteiger partial charge is 0.326 e. The number of rotatable bonds is 7. The van der Waals surface area contributed by atoms with E-state index in [-0.39, 0.29) is 5.92 Å². The molecule has 0 aliphatic carbocycles. The van der Waals surface area contributed by atoms with Crippen molar-refractivity contribution in [3.63, 3.8) is 0 Å². The van der Waals surface area contributed by atoms with E-state index in [0.29, 0.717) is 31.1 Å². The fraction of sp³-hybridized carbons (Fsp3) is 0.409. The van der Waals surface area contributed by atoms with E-state index in [4.69, 9.17) is 9.47 Å². The van der Waals surface area contributed by atoms with Gasteiger partial charge in [0.25, 0.3) is 5.91 Å². The number of aryl methyl sites for hydroxylation is 2. The third kappa shape index (κ3) is 5.32. The summed E-state index contributed by atoms with van der Waals surface area (Å²) in [5, 5.41) is 12.2. The number of aliphatic carboxylic acids is 1. The highest BCUT2D eigenvalue weighted by molar-refractivity contribution is 5.97. The molecule has 2 heterocycles. The monoisotopic (exact) mass is 398 g/mol.